The van der Waals surface area contributed by atoms with Gasteiger partial charge in [-0.1, -0.05) is 41.7 Å². The molecule has 2 N–H and O–H groups in total. The van der Waals surface area contributed by atoms with Gasteiger partial charge in [-0.3, -0.25) is 0 Å². The van der Waals surface area contributed by atoms with E-state index in [1.165, 1.54) is 0 Å². The van der Waals surface area contributed by atoms with Gasteiger partial charge in [-0.05, 0) is 6.42 Å². The second kappa shape index (κ2) is 2.81. The average Bonchev–Trinajstić information content (AvgIpc) is 1.64. The van der Waals surface area contributed by atoms with Crippen molar-refractivity contribution in [1.82, 2.24) is 0 Å². The van der Waals surface area contributed by atoms with Crippen LogP contribution in [0.4, 0.5) is 0 Å². The average molecular weight is 193 g/mol. The fourth-order valence-electron chi connectivity index (χ4n) is 0.225. The Labute approximate surface area is 68.3 Å². The van der Waals surface area contributed by atoms with Crippen LogP contribution in [0.15, 0.2) is 0 Å². The van der Waals surface area contributed by atoms with Crippen molar-refractivity contribution in [2.75, 3.05) is 0 Å². The van der Waals surface area contributed by atoms with Crippen LogP contribution in [-0.4, -0.2) is 19.8 Å². The zero-order valence-electron chi connectivity index (χ0n) is 4.74. The Morgan fingerprint density at radius 2 is 1.56 bits per heavy atom. The monoisotopic (exact) mass is 192 g/mol. The summed E-state index contributed by atoms with van der Waals surface area (Å²) in [4.78, 5) is 0. The van der Waals surface area contributed by atoms with Crippen LogP contribution in [0.5, 0.6) is 0 Å². The molecule has 0 aliphatic carbocycles. The first-order valence-electron chi connectivity index (χ1n) is 2.32. The van der Waals surface area contributed by atoms with E-state index in [-0.39, 0.29) is 6.42 Å². The van der Waals surface area contributed by atoms with Crippen LogP contribution in [0.2, 0.25) is 0 Å². The minimum atomic E-state index is -2.55. The zero-order valence-corrected chi connectivity index (χ0v) is 7.00. The topological polar surface area (TPSA) is 40.5 Å². The molecule has 5 heteroatoms. The normalized spacial score (nSPS) is 14.0. The minimum Gasteiger partial charge on any atom is -0.351 e. The molecule has 0 aromatic carbocycles. The van der Waals surface area contributed by atoms with Gasteiger partial charge in [-0.15, -0.1) is 0 Å². The zero-order chi connectivity index (χ0) is 7.71. The lowest BCUT2D eigenvalue weighted by Gasteiger charge is -2.26. The lowest BCUT2D eigenvalue weighted by atomic mass is 10.3. The Hall–Kier alpha value is 0.790. The smallest absolute Gasteiger partial charge is 0.277 e. The molecule has 0 unspecified atom stereocenters. The van der Waals surface area contributed by atoms with Crippen LogP contribution in [-0.2, 0) is 0 Å². The van der Waals surface area contributed by atoms with Crippen LogP contribution < -0.4 is 0 Å². The van der Waals surface area contributed by atoms with Gasteiger partial charge in [0.25, 0.3) is 5.25 Å². The molecule has 0 heterocycles. The van der Waals surface area contributed by atoms with Crippen molar-refractivity contribution in [3.8, 4) is 0 Å². The lowest BCUT2D eigenvalue weighted by molar-refractivity contribution is -0.0963. The predicted molar refractivity (Wildman–Crippen MR) is 37.7 cm³/mol. The van der Waals surface area contributed by atoms with E-state index in [1.807, 2.05) is 0 Å². The number of hydrogen-bond donors (Lipinski definition) is 2. The number of hydrogen-bond acceptors (Lipinski definition) is 2. The van der Waals surface area contributed by atoms with Gasteiger partial charge in [0.05, 0.1) is 0 Å². The van der Waals surface area contributed by atoms with Crippen molar-refractivity contribution in [2.45, 2.75) is 22.9 Å². The van der Waals surface area contributed by atoms with E-state index in [2.05, 4.69) is 0 Å². The van der Waals surface area contributed by atoms with Crippen LogP contribution in [0, 0.1) is 0 Å². The number of rotatable bonds is 2. The van der Waals surface area contributed by atoms with Crippen LogP contribution in [0.1, 0.15) is 13.3 Å². The first-order valence-corrected chi connectivity index (χ1v) is 3.46. The van der Waals surface area contributed by atoms with E-state index < -0.39 is 9.58 Å². The maximum absolute atomic E-state index is 8.60. The number of halogens is 3. The molecule has 0 saturated carbocycles. The molecule has 0 spiro atoms. The van der Waals surface area contributed by atoms with E-state index in [0.29, 0.717) is 0 Å². The SMILES string of the molecule is CCC(Cl)(Cl)C(O)(O)Cl. The van der Waals surface area contributed by atoms with Crippen LogP contribution >= 0.6 is 34.8 Å². The number of alkyl halides is 3. The summed E-state index contributed by atoms with van der Waals surface area (Å²) in [7, 11) is 0. The summed E-state index contributed by atoms with van der Waals surface area (Å²) in [6, 6.07) is 0. The fraction of sp³-hybridized carbons (Fsp3) is 1.00. The Bertz CT molecular complexity index is 96.5. The first-order chi connectivity index (χ1) is 3.81. The van der Waals surface area contributed by atoms with E-state index in [1.54, 1.807) is 6.92 Å². The molecule has 0 bridgehead atoms. The van der Waals surface area contributed by atoms with Gasteiger partial charge >= 0.3 is 0 Å². The van der Waals surface area contributed by atoms with E-state index >= 15 is 0 Å². The van der Waals surface area contributed by atoms with Gasteiger partial charge in [0.15, 0.2) is 4.33 Å². The highest BCUT2D eigenvalue weighted by molar-refractivity contribution is 6.52. The standard InChI is InChI=1S/C4H7Cl3O2/c1-2-3(5,6)4(7,8)9/h8-9H,2H2,1H3. The molecule has 0 aromatic rings. The highest BCUT2D eigenvalue weighted by Gasteiger charge is 2.44. The van der Waals surface area contributed by atoms with Gasteiger partial charge in [0, 0.05) is 0 Å². The van der Waals surface area contributed by atoms with Crippen molar-refractivity contribution < 1.29 is 10.2 Å². The molecule has 9 heavy (non-hydrogen) atoms. The Morgan fingerprint density at radius 3 is 1.56 bits per heavy atom. The van der Waals surface area contributed by atoms with Crippen molar-refractivity contribution in [3.63, 3.8) is 0 Å². The molecular weight excluding hydrogens is 186 g/mol. The Kier molecular flexibility index (Phi) is 3.05. The molecular formula is C4H7Cl3O2. The predicted octanol–water partition coefficient (Wildman–Crippen LogP) is 1.45. The van der Waals surface area contributed by atoms with Crippen molar-refractivity contribution in [1.29, 1.82) is 0 Å². The third-order valence-corrected chi connectivity index (χ3v) is 2.49. The molecule has 0 radical (unpaired) electrons. The summed E-state index contributed by atoms with van der Waals surface area (Å²) >= 11 is 15.6. The van der Waals surface area contributed by atoms with E-state index in [0.717, 1.165) is 0 Å². The highest BCUT2D eigenvalue weighted by Crippen LogP contribution is 2.37. The van der Waals surface area contributed by atoms with Crippen molar-refractivity contribution >= 4 is 34.8 Å². The molecule has 2 nitrogen and oxygen atoms in total. The van der Waals surface area contributed by atoms with Crippen LogP contribution in [0.25, 0.3) is 0 Å². The lowest BCUT2D eigenvalue weighted by Crippen LogP contribution is -2.40. The molecule has 0 saturated heterocycles. The third-order valence-electron chi connectivity index (χ3n) is 0.909. The second-order valence-corrected chi connectivity index (χ2v) is 3.66. The van der Waals surface area contributed by atoms with Gasteiger partial charge < -0.3 is 10.2 Å². The number of aliphatic hydroxyl groups is 2. The maximum Gasteiger partial charge on any atom is 0.277 e. The van der Waals surface area contributed by atoms with E-state index in [4.69, 9.17) is 45.0 Å². The first kappa shape index (κ1) is 9.79. The molecule has 0 aliphatic rings. The van der Waals surface area contributed by atoms with E-state index in [9.17, 15) is 0 Å². The molecule has 0 aliphatic heterocycles. The molecule has 0 rings (SSSR count). The molecule has 56 valence electrons. The molecule has 0 fully saturated rings. The largest absolute Gasteiger partial charge is 0.351 e. The van der Waals surface area contributed by atoms with Gasteiger partial charge in [0.2, 0.25) is 0 Å². The molecule has 0 aromatic heterocycles. The fourth-order valence-corrected chi connectivity index (χ4v) is 0.359. The third kappa shape index (κ3) is 2.48. The van der Waals surface area contributed by atoms with Gasteiger partial charge in [-0.25, -0.2) is 0 Å². The minimum absolute atomic E-state index is 0.159. The van der Waals surface area contributed by atoms with Gasteiger partial charge in [0.1, 0.15) is 0 Å². The van der Waals surface area contributed by atoms with Crippen LogP contribution in [0.3, 0.4) is 0 Å². The summed E-state index contributed by atoms with van der Waals surface area (Å²) in [5.74, 6) is 0. The highest BCUT2D eigenvalue weighted by atomic mass is 35.5. The molecule has 0 amide bonds. The Morgan fingerprint density at radius 1 is 1.22 bits per heavy atom. The Balaban J connectivity index is 4.14. The van der Waals surface area contributed by atoms with Crippen molar-refractivity contribution in [3.05, 3.63) is 0 Å². The summed E-state index contributed by atoms with van der Waals surface area (Å²) < 4.78 is -1.70. The maximum atomic E-state index is 8.60. The van der Waals surface area contributed by atoms with Crippen molar-refractivity contribution in [2.24, 2.45) is 0 Å². The molecule has 0 atom stereocenters. The summed E-state index contributed by atoms with van der Waals surface area (Å²) in [6.45, 7) is 1.59. The second-order valence-electron chi connectivity index (χ2n) is 1.65. The summed E-state index contributed by atoms with van der Waals surface area (Å²) in [6.07, 6.45) is 0.159. The quantitative estimate of drug-likeness (QED) is 0.515. The summed E-state index contributed by atoms with van der Waals surface area (Å²) in [5.41, 5.74) is 0. The summed E-state index contributed by atoms with van der Waals surface area (Å²) in [5, 5.41) is 14.7. The van der Waals surface area contributed by atoms with Gasteiger partial charge in [-0.2, -0.15) is 0 Å².